The molecule has 2 atom stereocenters. The minimum atomic E-state index is -2.67. The molecule has 33 heavy (non-hydrogen) atoms. The summed E-state index contributed by atoms with van der Waals surface area (Å²) in [6, 6.07) is 21.5. The molecule has 2 aromatic carbocycles. The molecule has 1 fully saturated rings. The predicted octanol–water partition coefficient (Wildman–Crippen LogP) is 5.60. The standard InChI is InChI=1S/C28H41NO3Si/c1-21(2)25-19-22(20-29(25)26(30)31-27(3,4)5)32-33(28(6,7)8,23-15-11-9-12-16-23)24-17-13-10-14-18-24/h9-18,21-22,25H,19-20H2,1-8H3/t22-,25-/m0/s1. The minimum Gasteiger partial charge on any atom is -0.444 e. The van der Waals surface area contributed by atoms with Gasteiger partial charge in [-0.25, -0.2) is 4.79 Å². The fraction of sp³-hybridized carbons (Fsp3) is 0.536. The zero-order chi connectivity index (χ0) is 24.4. The van der Waals surface area contributed by atoms with Gasteiger partial charge in [0.1, 0.15) is 5.60 Å². The van der Waals surface area contributed by atoms with E-state index in [9.17, 15) is 4.79 Å². The van der Waals surface area contributed by atoms with Crippen LogP contribution in [0.3, 0.4) is 0 Å². The van der Waals surface area contributed by atoms with Crippen molar-refractivity contribution in [3.8, 4) is 0 Å². The van der Waals surface area contributed by atoms with E-state index in [0.717, 1.165) is 6.42 Å². The molecule has 1 heterocycles. The highest BCUT2D eigenvalue weighted by Crippen LogP contribution is 2.39. The molecule has 1 aliphatic rings. The van der Waals surface area contributed by atoms with Crippen molar-refractivity contribution in [2.75, 3.05) is 6.54 Å². The summed E-state index contributed by atoms with van der Waals surface area (Å²) in [5.74, 6) is 0.324. The molecule has 1 amide bonds. The van der Waals surface area contributed by atoms with Gasteiger partial charge in [0.05, 0.1) is 6.10 Å². The van der Waals surface area contributed by atoms with Crippen molar-refractivity contribution in [1.82, 2.24) is 4.90 Å². The molecule has 0 bridgehead atoms. The van der Waals surface area contributed by atoms with Crippen LogP contribution in [0.25, 0.3) is 0 Å². The maximum absolute atomic E-state index is 13.1. The van der Waals surface area contributed by atoms with Crippen LogP contribution >= 0.6 is 0 Å². The number of ether oxygens (including phenoxy) is 1. The van der Waals surface area contributed by atoms with Gasteiger partial charge in [-0.2, -0.15) is 0 Å². The lowest BCUT2D eigenvalue weighted by molar-refractivity contribution is 0.0178. The molecule has 0 spiro atoms. The second-order valence-electron chi connectivity index (χ2n) is 11.6. The Balaban J connectivity index is 2.03. The van der Waals surface area contributed by atoms with Crippen LogP contribution in [0.2, 0.25) is 5.04 Å². The fourth-order valence-corrected chi connectivity index (χ4v) is 9.70. The number of amides is 1. The van der Waals surface area contributed by atoms with Crippen molar-refractivity contribution in [3.63, 3.8) is 0 Å². The summed E-state index contributed by atoms with van der Waals surface area (Å²) < 4.78 is 13.1. The van der Waals surface area contributed by atoms with Gasteiger partial charge in [-0.05, 0) is 48.5 Å². The SMILES string of the molecule is CC(C)[C@@H]1C[C@H](O[Si](c2ccccc2)(c2ccccc2)C(C)(C)C)CN1C(=O)OC(C)(C)C. The molecule has 0 aliphatic carbocycles. The number of rotatable bonds is 5. The van der Waals surface area contributed by atoms with Crippen LogP contribution in [0.15, 0.2) is 60.7 Å². The molecule has 180 valence electrons. The number of carbonyl (C=O) groups excluding carboxylic acids is 1. The van der Waals surface area contributed by atoms with E-state index in [4.69, 9.17) is 9.16 Å². The number of hydrogen-bond donors (Lipinski definition) is 0. The van der Waals surface area contributed by atoms with E-state index in [1.165, 1.54) is 10.4 Å². The van der Waals surface area contributed by atoms with Crippen molar-refractivity contribution in [1.29, 1.82) is 0 Å². The Morgan fingerprint density at radius 1 is 0.909 bits per heavy atom. The van der Waals surface area contributed by atoms with Crippen LogP contribution in [0, 0.1) is 5.92 Å². The Hall–Kier alpha value is -2.11. The number of nitrogens with zero attached hydrogens (tertiary/aromatic N) is 1. The van der Waals surface area contributed by atoms with E-state index in [1.54, 1.807) is 0 Å². The van der Waals surface area contributed by atoms with E-state index in [-0.39, 0.29) is 23.3 Å². The molecular formula is C28H41NO3Si. The van der Waals surface area contributed by atoms with Crippen LogP contribution in [0.4, 0.5) is 4.79 Å². The molecule has 1 aliphatic heterocycles. The van der Waals surface area contributed by atoms with Gasteiger partial charge in [0.25, 0.3) is 8.32 Å². The lowest BCUT2D eigenvalue weighted by atomic mass is 10.0. The van der Waals surface area contributed by atoms with Crippen molar-refractivity contribution >= 4 is 24.8 Å². The summed E-state index contributed by atoms with van der Waals surface area (Å²) in [5.41, 5.74) is -0.518. The first-order valence-corrected chi connectivity index (χ1v) is 14.0. The highest BCUT2D eigenvalue weighted by atomic mass is 28.4. The number of hydrogen-bond acceptors (Lipinski definition) is 3. The van der Waals surface area contributed by atoms with E-state index in [1.807, 2.05) is 25.7 Å². The molecule has 1 saturated heterocycles. The van der Waals surface area contributed by atoms with Crippen molar-refractivity contribution in [2.45, 2.75) is 84.6 Å². The van der Waals surface area contributed by atoms with Crippen LogP contribution in [0.5, 0.6) is 0 Å². The molecular weight excluding hydrogens is 426 g/mol. The second-order valence-corrected chi connectivity index (χ2v) is 15.8. The topological polar surface area (TPSA) is 38.8 Å². The minimum absolute atomic E-state index is 0.0452. The molecule has 4 nitrogen and oxygen atoms in total. The highest BCUT2D eigenvalue weighted by Gasteiger charge is 2.53. The Bertz CT molecular complexity index is 876. The highest BCUT2D eigenvalue weighted by molar-refractivity contribution is 6.99. The summed E-state index contributed by atoms with van der Waals surface area (Å²) >= 11 is 0. The molecule has 0 saturated carbocycles. The summed E-state index contributed by atoms with van der Waals surface area (Å²) in [5, 5.41) is 2.43. The Morgan fingerprint density at radius 2 is 1.39 bits per heavy atom. The summed E-state index contributed by atoms with van der Waals surface area (Å²) in [6.07, 6.45) is 0.535. The lowest BCUT2D eigenvalue weighted by Crippen LogP contribution is -2.67. The van der Waals surface area contributed by atoms with Crippen LogP contribution in [-0.2, 0) is 9.16 Å². The third-order valence-electron chi connectivity index (χ3n) is 6.46. The van der Waals surface area contributed by atoms with Gasteiger partial charge in [-0.3, -0.25) is 0 Å². The zero-order valence-electron chi connectivity index (χ0n) is 21.6. The van der Waals surface area contributed by atoms with Crippen molar-refractivity contribution < 1.29 is 14.0 Å². The maximum atomic E-state index is 13.1. The van der Waals surface area contributed by atoms with Gasteiger partial charge < -0.3 is 14.1 Å². The number of benzene rings is 2. The predicted molar refractivity (Wildman–Crippen MR) is 139 cm³/mol. The molecule has 2 aromatic rings. The third-order valence-corrected chi connectivity index (χ3v) is 11.6. The Labute approximate surface area is 201 Å². The number of carbonyl (C=O) groups is 1. The van der Waals surface area contributed by atoms with Crippen LogP contribution in [-0.4, -0.2) is 43.6 Å². The Kier molecular flexibility index (Phi) is 7.44. The van der Waals surface area contributed by atoms with E-state index in [2.05, 4.69) is 95.3 Å². The van der Waals surface area contributed by atoms with Crippen molar-refractivity contribution in [3.05, 3.63) is 60.7 Å². The molecule has 3 rings (SSSR count). The average Bonchev–Trinajstić information content (AvgIpc) is 3.16. The van der Waals surface area contributed by atoms with Crippen molar-refractivity contribution in [2.24, 2.45) is 5.92 Å². The van der Waals surface area contributed by atoms with Crippen LogP contribution < -0.4 is 10.4 Å². The normalized spacial score (nSPS) is 19.7. The monoisotopic (exact) mass is 467 g/mol. The molecule has 0 radical (unpaired) electrons. The van der Waals surface area contributed by atoms with E-state index in [0.29, 0.717) is 12.5 Å². The van der Waals surface area contributed by atoms with Gasteiger partial charge in [0, 0.05) is 12.6 Å². The zero-order valence-corrected chi connectivity index (χ0v) is 22.6. The summed E-state index contributed by atoms with van der Waals surface area (Å²) in [4.78, 5) is 15.0. The quantitative estimate of drug-likeness (QED) is 0.538. The second kappa shape index (κ2) is 9.63. The summed E-state index contributed by atoms with van der Waals surface area (Å²) in [7, 11) is -2.67. The third kappa shape index (κ3) is 5.52. The average molecular weight is 468 g/mol. The number of likely N-dealkylation sites (tertiary alicyclic amines) is 1. The van der Waals surface area contributed by atoms with E-state index < -0.39 is 13.9 Å². The van der Waals surface area contributed by atoms with Crippen LogP contribution in [0.1, 0.15) is 61.8 Å². The largest absolute Gasteiger partial charge is 0.444 e. The van der Waals surface area contributed by atoms with Gasteiger partial charge in [-0.1, -0.05) is 95.3 Å². The van der Waals surface area contributed by atoms with E-state index >= 15 is 0 Å². The molecule has 0 N–H and O–H groups in total. The van der Waals surface area contributed by atoms with Gasteiger partial charge in [0.15, 0.2) is 0 Å². The summed E-state index contributed by atoms with van der Waals surface area (Å²) in [6.45, 7) is 17.5. The smallest absolute Gasteiger partial charge is 0.410 e. The van der Waals surface area contributed by atoms with Gasteiger partial charge in [-0.15, -0.1) is 0 Å². The molecule has 0 unspecified atom stereocenters. The van der Waals surface area contributed by atoms with Gasteiger partial charge in [0.2, 0.25) is 0 Å². The van der Waals surface area contributed by atoms with Gasteiger partial charge >= 0.3 is 6.09 Å². The first-order valence-electron chi connectivity index (χ1n) is 12.1. The maximum Gasteiger partial charge on any atom is 0.410 e. The first-order chi connectivity index (χ1) is 15.3. The fourth-order valence-electron chi connectivity index (χ4n) is 5.02. The molecule has 0 aromatic heterocycles. The Morgan fingerprint density at radius 3 is 1.79 bits per heavy atom. The first kappa shape index (κ1) is 25.5. The molecule has 5 heteroatoms. The lowest BCUT2D eigenvalue weighted by Gasteiger charge is -2.44.